The summed E-state index contributed by atoms with van der Waals surface area (Å²) < 4.78 is 11.2. The smallest absolute Gasteiger partial charge is 0.310 e. The minimum atomic E-state index is -0.891. The Kier molecular flexibility index (Phi) is 4.76. The van der Waals surface area contributed by atoms with Crippen LogP contribution in [0.5, 0.6) is 11.5 Å². The molecule has 0 aliphatic heterocycles. The minimum Gasteiger partial charge on any atom is -0.491 e. The van der Waals surface area contributed by atoms with E-state index in [0.29, 0.717) is 22.1 Å². The van der Waals surface area contributed by atoms with Crippen molar-refractivity contribution in [2.24, 2.45) is 0 Å². The Morgan fingerprint density at radius 3 is 2.60 bits per heavy atom. The van der Waals surface area contributed by atoms with Gasteiger partial charge < -0.3 is 14.6 Å². The number of rotatable bonds is 5. The first-order valence-electron chi connectivity index (χ1n) is 6.79. The molecule has 5 heteroatoms. The van der Waals surface area contributed by atoms with Crippen molar-refractivity contribution in [3.63, 3.8) is 0 Å². The van der Waals surface area contributed by atoms with Crippen LogP contribution >= 0.6 is 11.6 Å². The highest BCUT2D eigenvalue weighted by molar-refractivity contribution is 6.32. The Morgan fingerprint density at radius 2 is 2.05 bits per heavy atom. The highest BCUT2D eigenvalue weighted by Crippen LogP contribution is 2.40. The fourth-order valence-corrected chi connectivity index (χ4v) is 2.75. The van der Waals surface area contributed by atoms with Crippen LogP contribution in [0.15, 0.2) is 12.1 Å². The summed E-state index contributed by atoms with van der Waals surface area (Å²) in [5.41, 5.74) is 0.622. The average Bonchev–Trinajstić information content (AvgIpc) is 2.90. The molecule has 4 nitrogen and oxygen atoms in total. The van der Waals surface area contributed by atoms with E-state index in [-0.39, 0.29) is 6.10 Å². The molecule has 2 rings (SSSR count). The molecule has 1 unspecified atom stereocenters. The molecule has 110 valence electrons. The lowest BCUT2D eigenvalue weighted by Gasteiger charge is -2.19. The SMILES string of the molecule is COc1c(Cl)cc(C(C)C(=O)O)cc1OC1CCCC1. The van der Waals surface area contributed by atoms with Crippen molar-refractivity contribution in [2.75, 3.05) is 7.11 Å². The second kappa shape index (κ2) is 6.35. The maximum Gasteiger partial charge on any atom is 0.310 e. The van der Waals surface area contributed by atoms with Crippen LogP contribution < -0.4 is 9.47 Å². The van der Waals surface area contributed by atoms with Crippen LogP contribution in [0.4, 0.5) is 0 Å². The van der Waals surface area contributed by atoms with Crippen LogP contribution in [0.3, 0.4) is 0 Å². The largest absolute Gasteiger partial charge is 0.491 e. The second-order valence-corrected chi connectivity index (χ2v) is 5.53. The Balaban J connectivity index is 2.33. The van der Waals surface area contributed by atoms with Gasteiger partial charge in [0.05, 0.1) is 24.2 Å². The fraction of sp³-hybridized carbons (Fsp3) is 0.533. The van der Waals surface area contributed by atoms with Gasteiger partial charge in [-0.2, -0.15) is 0 Å². The van der Waals surface area contributed by atoms with Crippen molar-refractivity contribution in [1.82, 2.24) is 0 Å². The number of carbonyl (C=O) groups is 1. The normalized spacial score (nSPS) is 16.9. The summed E-state index contributed by atoms with van der Waals surface area (Å²) in [5, 5.41) is 9.49. The van der Waals surface area contributed by atoms with Crippen LogP contribution in [0.25, 0.3) is 0 Å². The lowest BCUT2D eigenvalue weighted by Crippen LogP contribution is -2.13. The Labute approximate surface area is 123 Å². The minimum absolute atomic E-state index is 0.162. The molecular formula is C15H19ClO4. The number of halogens is 1. The van der Waals surface area contributed by atoms with E-state index in [9.17, 15) is 4.79 Å². The maximum absolute atomic E-state index is 11.1. The number of benzene rings is 1. The topological polar surface area (TPSA) is 55.8 Å². The molecule has 0 aromatic heterocycles. The molecular weight excluding hydrogens is 280 g/mol. The van der Waals surface area contributed by atoms with E-state index < -0.39 is 11.9 Å². The van der Waals surface area contributed by atoms with Crippen molar-refractivity contribution < 1.29 is 19.4 Å². The molecule has 0 amide bonds. The van der Waals surface area contributed by atoms with Crippen molar-refractivity contribution >= 4 is 17.6 Å². The van der Waals surface area contributed by atoms with E-state index in [0.717, 1.165) is 25.7 Å². The first-order chi connectivity index (χ1) is 9.52. The van der Waals surface area contributed by atoms with Crippen LogP contribution in [0.2, 0.25) is 5.02 Å². The third kappa shape index (κ3) is 3.18. The van der Waals surface area contributed by atoms with Gasteiger partial charge in [-0.3, -0.25) is 4.79 Å². The number of hydrogen-bond acceptors (Lipinski definition) is 3. The standard InChI is InChI=1S/C15H19ClO4/c1-9(15(17)18)10-7-12(16)14(19-2)13(8-10)20-11-5-3-4-6-11/h7-9,11H,3-6H2,1-2H3,(H,17,18). The summed E-state index contributed by atoms with van der Waals surface area (Å²) in [6.45, 7) is 1.62. The van der Waals surface area contributed by atoms with Gasteiger partial charge in [-0.1, -0.05) is 11.6 Å². The molecule has 1 saturated carbocycles. The quantitative estimate of drug-likeness (QED) is 0.897. The van der Waals surface area contributed by atoms with Gasteiger partial charge in [-0.25, -0.2) is 0 Å². The van der Waals surface area contributed by atoms with Gasteiger partial charge in [0.1, 0.15) is 0 Å². The summed E-state index contributed by atoms with van der Waals surface area (Å²) in [7, 11) is 1.53. The zero-order valence-electron chi connectivity index (χ0n) is 11.7. The maximum atomic E-state index is 11.1. The van der Waals surface area contributed by atoms with Gasteiger partial charge in [0.2, 0.25) is 0 Å². The van der Waals surface area contributed by atoms with E-state index in [2.05, 4.69) is 0 Å². The highest BCUT2D eigenvalue weighted by Gasteiger charge is 2.23. The molecule has 0 bridgehead atoms. The van der Waals surface area contributed by atoms with Crippen LogP contribution in [0.1, 0.15) is 44.1 Å². The number of methoxy groups -OCH3 is 1. The number of ether oxygens (including phenoxy) is 2. The van der Waals surface area contributed by atoms with Gasteiger partial charge in [0, 0.05) is 0 Å². The van der Waals surface area contributed by atoms with E-state index in [1.54, 1.807) is 19.1 Å². The number of carboxylic acid groups (broad SMARTS) is 1. The zero-order chi connectivity index (χ0) is 14.7. The summed E-state index contributed by atoms with van der Waals surface area (Å²) >= 11 is 6.17. The third-order valence-electron chi connectivity index (χ3n) is 3.70. The van der Waals surface area contributed by atoms with E-state index >= 15 is 0 Å². The van der Waals surface area contributed by atoms with Gasteiger partial charge >= 0.3 is 5.97 Å². The molecule has 1 aliphatic rings. The number of hydrogen-bond donors (Lipinski definition) is 1. The fourth-order valence-electron chi connectivity index (χ4n) is 2.45. The molecule has 0 saturated heterocycles. The highest BCUT2D eigenvalue weighted by atomic mass is 35.5. The first kappa shape index (κ1) is 15.0. The molecule has 1 atom stereocenters. The molecule has 0 heterocycles. The monoisotopic (exact) mass is 298 g/mol. The molecule has 1 aromatic carbocycles. The Hall–Kier alpha value is -1.42. The average molecular weight is 299 g/mol. The van der Waals surface area contributed by atoms with Crippen LogP contribution in [-0.2, 0) is 4.79 Å². The molecule has 0 radical (unpaired) electrons. The lowest BCUT2D eigenvalue weighted by molar-refractivity contribution is -0.138. The zero-order valence-corrected chi connectivity index (χ0v) is 12.4. The Bertz CT molecular complexity index is 495. The van der Waals surface area contributed by atoms with Crippen molar-refractivity contribution in [1.29, 1.82) is 0 Å². The predicted molar refractivity (Wildman–Crippen MR) is 76.9 cm³/mol. The second-order valence-electron chi connectivity index (χ2n) is 5.12. The van der Waals surface area contributed by atoms with Crippen LogP contribution in [0, 0.1) is 0 Å². The van der Waals surface area contributed by atoms with Crippen LogP contribution in [-0.4, -0.2) is 24.3 Å². The summed E-state index contributed by atoms with van der Waals surface area (Å²) in [6, 6.07) is 3.35. The van der Waals surface area contributed by atoms with Gasteiger partial charge in [-0.05, 0) is 50.3 Å². The van der Waals surface area contributed by atoms with Gasteiger partial charge in [0.15, 0.2) is 11.5 Å². The third-order valence-corrected chi connectivity index (χ3v) is 3.98. The number of carboxylic acids is 1. The molecule has 20 heavy (non-hydrogen) atoms. The van der Waals surface area contributed by atoms with E-state index in [1.807, 2.05) is 0 Å². The van der Waals surface area contributed by atoms with E-state index in [4.69, 9.17) is 26.2 Å². The van der Waals surface area contributed by atoms with Crippen molar-refractivity contribution in [3.05, 3.63) is 22.7 Å². The van der Waals surface area contributed by atoms with Gasteiger partial charge in [-0.15, -0.1) is 0 Å². The molecule has 1 aromatic rings. The molecule has 1 fully saturated rings. The summed E-state index contributed by atoms with van der Waals surface area (Å²) in [5.74, 6) is -0.516. The lowest BCUT2D eigenvalue weighted by atomic mass is 10.0. The summed E-state index contributed by atoms with van der Waals surface area (Å²) in [6.07, 6.45) is 4.51. The first-order valence-corrected chi connectivity index (χ1v) is 7.17. The molecule has 1 aliphatic carbocycles. The summed E-state index contributed by atoms with van der Waals surface area (Å²) in [4.78, 5) is 11.1. The van der Waals surface area contributed by atoms with Crippen molar-refractivity contribution in [2.45, 2.75) is 44.6 Å². The van der Waals surface area contributed by atoms with Crippen molar-refractivity contribution in [3.8, 4) is 11.5 Å². The predicted octanol–water partition coefficient (Wildman–Crippen LogP) is 3.86. The molecule has 1 N–H and O–H groups in total. The molecule has 0 spiro atoms. The van der Waals surface area contributed by atoms with E-state index in [1.165, 1.54) is 7.11 Å². The Morgan fingerprint density at radius 1 is 1.40 bits per heavy atom. The number of aliphatic carboxylic acids is 1. The van der Waals surface area contributed by atoms with Gasteiger partial charge in [0.25, 0.3) is 0 Å².